The molecule has 3 aromatic carbocycles. The molecule has 0 unspecified atom stereocenters. The van der Waals surface area contributed by atoms with E-state index < -0.39 is 104 Å². The fourth-order valence-electron chi connectivity index (χ4n) is 6.87. The normalized spacial score (nSPS) is 15.3. The summed E-state index contributed by atoms with van der Waals surface area (Å²) in [5, 5.41) is 13.7. The Morgan fingerprint density at radius 2 is 1.05 bits per heavy atom. The lowest BCUT2D eigenvalue weighted by atomic mass is 10.0. The molecule has 2 aliphatic heterocycles. The number of nitrogens with zero attached hydrogens (tertiary/aromatic N) is 3. The first-order valence-corrected chi connectivity index (χ1v) is 28.5. The van der Waals surface area contributed by atoms with Gasteiger partial charge in [-0.2, -0.15) is 43.2 Å². The highest BCUT2D eigenvalue weighted by atomic mass is 32.2. The Hall–Kier alpha value is -5.82. The van der Waals surface area contributed by atoms with Crippen LogP contribution in [0.15, 0.2) is 66.7 Å². The molecule has 74 heavy (non-hydrogen) atoms. The minimum absolute atomic E-state index is 0.0235. The summed E-state index contributed by atoms with van der Waals surface area (Å²) in [6.07, 6.45) is 2.95. The zero-order chi connectivity index (χ0) is 56.0. The van der Waals surface area contributed by atoms with E-state index in [2.05, 4.69) is 14.8 Å². The number of rotatable bonds is 22. The van der Waals surface area contributed by atoms with Gasteiger partial charge in [-0.3, -0.25) is 24.5 Å². The number of carbonyl (C=O) groups excluding carboxylic acids is 4. The number of amides is 6. The molecule has 5 rings (SSSR count). The van der Waals surface area contributed by atoms with Crippen LogP contribution in [-0.4, -0.2) is 140 Å². The second kappa shape index (κ2) is 26.1. The predicted octanol–water partition coefficient (Wildman–Crippen LogP) is 6.04. The van der Waals surface area contributed by atoms with Crippen molar-refractivity contribution in [2.75, 3.05) is 60.5 Å². The van der Waals surface area contributed by atoms with E-state index in [0.29, 0.717) is 56.8 Å². The number of unbranched alkanes of at least 4 members (excludes halogenated alkanes) is 4. The van der Waals surface area contributed by atoms with Crippen LogP contribution in [0.25, 0.3) is 0 Å². The summed E-state index contributed by atoms with van der Waals surface area (Å²) in [6.45, 7) is 3.89. The molecule has 3 aromatic rings. The van der Waals surface area contributed by atoms with Crippen molar-refractivity contribution in [3.05, 3.63) is 89.5 Å². The average molecular weight is 1140 g/mol. The maximum atomic E-state index is 13.8. The van der Waals surface area contributed by atoms with Crippen LogP contribution in [-0.2, 0) is 49.4 Å². The monoisotopic (exact) mass is 1140 g/mol. The lowest BCUT2D eigenvalue weighted by Gasteiger charge is -2.20. The van der Waals surface area contributed by atoms with Gasteiger partial charge in [0.2, 0.25) is 11.8 Å². The number of phenols is 1. The van der Waals surface area contributed by atoms with Crippen molar-refractivity contribution in [3.8, 4) is 11.5 Å². The molecule has 2 fully saturated rings. The Kier molecular flexibility index (Phi) is 22.0. The first-order valence-electron chi connectivity index (χ1n) is 22.0. The number of para-hydroxylation sites is 1. The Labute approximate surface area is 422 Å². The smallest absolute Gasteiger partial charge is 0.505 e. The van der Waals surface area contributed by atoms with E-state index >= 15 is 0 Å². The molecule has 0 aromatic heterocycles. The molecule has 2 saturated heterocycles. The van der Waals surface area contributed by atoms with E-state index in [9.17, 15) is 93.1 Å². The SMILES string of the molecule is CN(c1ccccc1)S(=O)(=O)C(F)(F)F.C[C@@H](CS(=O)(=O)CCCCCN1CC(=O)NC1=O)c1ccc(F)c(O)c1.C[C@@H](CS(=O)(=O)CCCCCN1CC(=O)NC1=O)c1ccc(F)c(OS(=O)(=O)C(F)(F)F)c1. The summed E-state index contributed by atoms with van der Waals surface area (Å²) in [5.74, 6) is -6.29. The summed E-state index contributed by atoms with van der Waals surface area (Å²) < 4.78 is 198. The maximum Gasteiger partial charge on any atom is 0.534 e. The van der Waals surface area contributed by atoms with Gasteiger partial charge >= 0.3 is 43.2 Å². The topological polar surface area (TPSA) is 268 Å². The van der Waals surface area contributed by atoms with Crippen LogP contribution < -0.4 is 19.1 Å². The van der Waals surface area contributed by atoms with Gasteiger partial charge in [0.15, 0.2) is 42.8 Å². The number of urea groups is 2. The number of sulfonamides is 1. The van der Waals surface area contributed by atoms with E-state index in [1.807, 2.05) is 0 Å². The number of imide groups is 2. The zero-order valence-electron chi connectivity index (χ0n) is 39.7. The largest absolute Gasteiger partial charge is 0.534 e. The number of carbonyl (C=O) groups is 4. The van der Waals surface area contributed by atoms with Gasteiger partial charge in [-0.15, -0.1) is 0 Å². The van der Waals surface area contributed by atoms with Crippen LogP contribution in [0, 0.1) is 11.6 Å². The molecular weight excluding hydrogens is 1090 g/mol. The summed E-state index contributed by atoms with van der Waals surface area (Å²) in [4.78, 5) is 47.6. The first-order chi connectivity index (χ1) is 34.1. The molecule has 6 amide bonds. The van der Waals surface area contributed by atoms with Crippen LogP contribution in [0.4, 0.5) is 50.4 Å². The number of phenolic OH excluding ortho intramolecular Hbond substituents is 1. The highest BCUT2D eigenvalue weighted by Gasteiger charge is 2.50. The summed E-state index contributed by atoms with van der Waals surface area (Å²) >= 11 is 0. The highest BCUT2D eigenvalue weighted by Crippen LogP contribution is 2.32. The third-order valence-corrected chi connectivity index (χ3v) is 17.1. The standard InChI is InChI=1S/C18H22F4N2O7S2.C17H23FN2O5S.C8H8F3NO2S/c1-12(13-5-6-14(19)15(9-13)31-33(29,30)18(20,21)22)11-32(27,28)8-4-2-3-7-24-10-16(25)23-17(24)26;1-12(13-5-6-14(18)15(21)9-13)11-26(24,25)8-4-2-3-7-20-10-16(22)19-17(20)23;1-12(7-5-3-2-4-6-7)15(13,14)8(9,10)11/h5-6,9,12H,2-4,7-8,10-11H2,1H3,(H,23,25,26);5-6,9,12,21H,2-4,7-8,10-11H2,1H3,(H,19,22,23);2-6H,1H3/t2*12-;/m00./s1. The predicted molar refractivity (Wildman–Crippen MR) is 252 cm³/mol. The summed E-state index contributed by atoms with van der Waals surface area (Å²) in [5.41, 5.74) is -10.4. The second-order valence-electron chi connectivity index (χ2n) is 16.8. The Balaban J connectivity index is 0.000000313. The van der Waals surface area contributed by atoms with Crippen molar-refractivity contribution >= 4 is 69.4 Å². The van der Waals surface area contributed by atoms with E-state index in [1.165, 1.54) is 53.1 Å². The molecule has 3 N–H and O–H groups in total. The fourth-order valence-corrected chi connectivity index (χ4v) is 11.6. The van der Waals surface area contributed by atoms with E-state index in [1.54, 1.807) is 13.0 Å². The number of nitrogens with one attached hydrogen (secondary N) is 2. The molecule has 0 radical (unpaired) electrons. The highest BCUT2D eigenvalue weighted by molar-refractivity contribution is 7.93. The number of halogens is 8. The van der Waals surface area contributed by atoms with Crippen molar-refractivity contribution < 1.29 is 97.3 Å². The third kappa shape index (κ3) is 19.1. The molecule has 2 heterocycles. The quantitative estimate of drug-likeness (QED) is 0.0341. The number of hydrogen-bond acceptors (Lipinski definition) is 14. The van der Waals surface area contributed by atoms with Crippen molar-refractivity contribution in [1.29, 1.82) is 0 Å². The average Bonchev–Trinajstić information content (AvgIpc) is 3.79. The maximum absolute atomic E-state index is 13.8. The molecule has 2 aliphatic rings. The van der Waals surface area contributed by atoms with Crippen molar-refractivity contribution in [3.63, 3.8) is 0 Å². The Morgan fingerprint density at radius 3 is 1.45 bits per heavy atom. The lowest BCUT2D eigenvalue weighted by Crippen LogP contribution is -2.38. The van der Waals surface area contributed by atoms with Gasteiger partial charge in [0.05, 0.1) is 28.7 Å². The molecule has 19 nitrogen and oxygen atoms in total. The van der Waals surface area contributed by atoms with Crippen LogP contribution >= 0.6 is 0 Å². The molecule has 31 heteroatoms. The second-order valence-corrected chi connectivity index (χ2v) is 24.8. The number of sulfone groups is 2. The van der Waals surface area contributed by atoms with E-state index in [-0.39, 0.29) is 64.2 Å². The van der Waals surface area contributed by atoms with Crippen molar-refractivity contribution in [2.45, 2.75) is 75.2 Å². The van der Waals surface area contributed by atoms with Crippen LogP contribution in [0.1, 0.15) is 75.3 Å². The van der Waals surface area contributed by atoms with Gasteiger partial charge in [0, 0.05) is 20.1 Å². The fraction of sp³-hybridized carbons (Fsp3) is 0.488. The first kappa shape index (κ1) is 62.5. The summed E-state index contributed by atoms with van der Waals surface area (Å²) in [7, 11) is -17.4. The number of aromatic hydroxyl groups is 1. The van der Waals surface area contributed by atoms with Gasteiger partial charge < -0.3 is 19.1 Å². The van der Waals surface area contributed by atoms with Crippen LogP contribution in [0.2, 0.25) is 0 Å². The number of benzene rings is 3. The van der Waals surface area contributed by atoms with E-state index in [0.717, 1.165) is 25.2 Å². The van der Waals surface area contributed by atoms with Gasteiger partial charge in [0.1, 0.15) is 13.1 Å². The van der Waals surface area contributed by atoms with Crippen LogP contribution in [0.5, 0.6) is 11.5 Å². The lowest BCUT2D eigenvalue weighted by molar-refractivity contribution is -0.119. The molecule has 2 atom stereocenters. The van der Waals surface area contributed by atoms with E-state index in [4.69, 9.17) is 0 Å². The van der Waals surface area contributed by atoms with Crippen molar-refractivity contribution in [2.24, 2.45) is 0 Å². The Bertz CT molecular complexity index is 2920. The summed E-state index contributed by atoms with van der Waals surface area (Å²) in [6, 6.07) is 12.5. The molecule has 414 valence electrons. The number of hydrogen-bond donors (Lipinski definition) is 3. The van der Waals surface area contributed by atoms with Crippen molar-refractivity contribution in [1.82, 2.24) is 20.4 Å². The molecule has 0 bridgehead atoms. The molecule has 0 aliphatic carbocycles. The van der Waals surface area contributed by atoms with Gasteiger partial charge in [0.25, 0.3) is 0 Å². The van der Waals surface area contributed by atoms with Gasteiger partial charge in [-0.25, -0.2) is 35.2 Å². The number of anilines is 1. The number of alkyl halides is 6. The Morgan fingerprint density at radius 1 is 0.622 bits per heavy atom. The zero-order valence-corrected chi connectivity index (χ0v) is 42.9. The van der Waals surface area contributed by atoms with Gasteiger partial charge in [-0.05, 0) is 85.0 Å². The molecular formula is C43H53F8N5O14S4. The molecule has 0 saturated carbocycles. The minimum atomic E-state index is -6.09. The van der Waals surface area contributed by atoms with Crippen LogP contribution in [0.3, 0.4) is 0 Å². The third-order valence-electron chi connectivity index (χ3n) is 10.8. The minimum Gasteiger partial charge on any atom is -0.505 e. The van der Waals surface area contributed by atoms with Gasteiger partial charge in [-0.1, -0.05) is 57.0 Å². The molecule has 0 spiro atoms.